The minimum Gasteiger partial charge on any atom is -0.778 e. The maximum atomic E-state index is 12.5. The van der Waals surface area contributed by atoms with Crippen molar-refractivity contribution in [1.29, 1.82) is 0 Å². The number of hydrogen-bond donors (Lipinski definition) is 0. The standard InChI is InChI=1S/C44H80NO7P/c1-6-8-10-12-14-16-18-20-22-24-26-28-30-32-34-36-43(46)50-40-42(41-51-53(48,49)39-38-45(3,4)5)52-44(47)37-35-33-31-29-27-25-23-21-19-17-15-13-11-9-7-2/h30-37,42H,6-29,38-41H2,1-5H3/b32-30+,33-31+,36-34+,37-35+/t42-/m1/s1. The summed E-state index contributed by atoms with van der Waals surface area (Å²) < 4.78 is 28.9. The van der Waals surface area contributed by atoms with Crippen molar-refractivity contribution in [2.45, 2.75) is 174 Å². The van der Waals surface area contributed by atoms with Crippen molar-refractivity contribution >= 4 is 19.5 Å². The number of unbranched alkanes of at least 4 members (excludes halogenated alkanes) is 22. The van der Waals surface area contributed by atoms with E-state index in [1.807, 2.05) is 45.4 Å². The number of esters is 2. The smallest absolute Gasteiger partial charge is 0.331 e. The van der Waals surface area contributed by atoms with Gasteiger partial charge in [0.1, 0.15) is 14.2 Å². The molecule has 0 bridgehead atoms. The highest BCUT2D eigenvalue weighted by Crippen LogP contribution is 2.37. The lowest BCUT2D eigenvalue weighted by molar-refractivity contribution is -0.868. The highest BCUT2D eigenvalue weighted by Gasteiger charge is 2.21. The van der Waals surface area contributed by atoms with Crippen LogP contribution in [-0.2, 0) is 28.2 Å². The molecule has 8 nitrogen and oxygen atoms in total. The highest BCUT2D eigenvalue weighted by molar-refractivity contribution is 7.51. The summed E-state index contributed by atoms with van der Waals surface area (Å²) in [5.74, 6) is -1.27. The van der Waals surface area contributed by atoms with Gasteiger partial charge in [-0.3, -0.25) is 0 Å². The van der Waals surface area contributed by atoms with Crippen LogP contribution in [0.25, 0.3) is 0 Å². The van der Waals surface area contributed by atoms with Crippen LogP contribution in [0.1, 0.15) is 168 Å². The van der Waals surface area contributed by atoms with Crippen LogP contribution >= 0.6 is 7.60 Å². The third-order valence-electron chi connectivity index (χ3n) is 9.10. The summed E-state index contributed by atoms with van der Waals surface area (Å²) in [5, 5.41) is 0. The van der Waals surface area contributed by atoms with Gasteiger partial charge in [-0.15, -0.1) is 0 Å². The number of ether oxygens (including phenoxy) is 2. The Hall–Kier alpha value is -1.99. The van der Waals surface area contributed by atoms with Gasteiger partial charge < -0.3 is 27.9 Å². The molecule has 0 spiro atoms. The Morgan fingerprint density at radius 3 is 1.40 bits per heavy atom. The summed E-state index contributed by atoms with van der Waals surface area (Å²) in [6.07, 6.45) is 42.9. The Morgan fingerprint density at radius 2 is 0.981 bits per heavy atom. The van der Waals surface area contributed by atoms with Crippen molar-refractivity contribution in [1.82, 2.24) is 0 Å². The summed E-state index contributed by atoms with van der Waals surface area (Å²) in [6.45, 7) is 4.12. The van der Waals surface area contributed by atoms with Crippen LogP contribution in [0.15, 0.2) is 48.6 Å². The van der Waals surface area contributed by atoms with E-state index in [1.165, 1.54) is 141 Å². The van der Waals surface area contributed by atoms with Crippen LogP contribution in [0.2, 0.25) is 0 Å². The van der Waals surface area contributed by atoms with Crippen molar-refractivity contribution in [2.24, 2.45) is 0 Å². The summed E-state index contributed by atoms with van der Waals surface area (Å²) in [7, 11) is 1.50. The molecule has 0 saturated carbocycles. The summed E-state index contributed by atoms with van der Waals surface area (Å²) in [6, 6.07) is 0. The molecule has 0 heterocycles. The number of quaternary nitrogens is 1. The molecule has 0 aromatic rings. The zero-order valence-electron chi connectivity index (χ0n) is 34.7. The first-order valence-electron chi connectivity index (χ1n) is 21.3. The molecule has 0 N–H and O–H groups in total. The van der Waals surface area contributed by atoms with Gasteiger partial charge in [-0.1, -0.05) is 179 Å². The molecule has 53 heavy (non-hydrogen) atoms. The van der Waals surface area contributed by atoms with E-state index >= 15 is 0 Å². The number of hydrogen-bond acceptors (Lipinski definition) is 7. The largest absolute Gasteiger partial charge is 0.778 e. The molecule has 0 aliphatic carbocycles. The monoisotopic (exact) mass is 766 g/mol. The predicted molar refractivity (Wildman–Crippen MR) is 221 cm³/mol. The Labute approximate surface area is 326 Å². The molecule has 0 radical (unpaired) electrons. The average Bonchev–Trinajstić information content (AvgIpc) is 3.11. The molecule has 0 saturated heterocycles. The van der Waals surface area contributed by atoms with Crippen LogP contribution < -0.4 is 4.89 Å². The summed E-state index contributed by atoms with van der Waals surface area (Å²) >= 11 is 0. The third-order valence-corrected chi connectivity index (χ3v) is 10.4. The maximum absolute atomic E-state index is 12.5. The fraction of sp³-hybridized carbons (Fsp3) is 0.773. The molecule has 0 fully saturated rings. The van der Waals surface area contributed by atoms with Gasteiger partial charge in [0.05, 0.1) is 40.5 Å². The topological polar surface area (TPSA) is 102 Å². The van der Waals surface area contributed by atoms with Crippen molar-refractivity contribution in [3.05, 3.63) is 48.6 Å². The lowest BCUT2D eigenvalue weighted by Gasteiger charge is -2.30. The first-order valence-corrected chi connectivity index (χ1v) is 23.0. The van der Waals surface area contributed by atoms with Gasteiger partial charge in [-0.2, -0.15) is 0 Å². The molecule has 0 aromatic carbocycles. The van der Waals surface area contributed by atoms with Gasteiger partial charge >= 0.3 is 11.9 Å². The van der Waals surface area contributed by atoms with E-state index < -0.39 is 32.2 Å². The van der Waals surface area contributed by atoms with Crippen molar-refractivity contribution in [3.63, 3.8) is 0 Å². The molecule has 0 rings (SSSR count). The van der Waals surface area contributed by atoms with Crippen LogP contribution in [0.5, 0.6) is 0 Å². The number of allylic oxidation sites excluding steroid dienone is 6. The predicted octanol–water partition coefficient (Wildman–Crippen LogP) is 11.3. The molecule has 308 valence electrons. The molecule has 9 heteroatoms. The Balaban J connectivity index is 4.55. The van der Waals surface area contributed by atoms with E-state index in [-0.39, 0.29) is 12.8 Å². The number of carbonyl (C=O) groups excluding carboxylic acids is 2. The van der Waals surface area contributed by atoms with E-state index in [0.29, 0.717) is 11.0 Å². The number of carbonyl (C=O) groups is 2. The SMILES string of the molecule is CCCCCCCCCCCCC/C=C/C=C/C(=O)OC[C@H](COP(=O)([O-])CC[N+](C)(C)C)OC(=O)/C=C/C=C/CCCCCCCCCCCCC. The average molecular weight is 766 g/mol. The van der Waals surface area contributed by atoms with Gasteiger partial charge in [0, 0.05) is 12.2 Å². The number of nitrogens with zero attached hydrogens (tertiary/aromatic N) is 1. The molecule has 0 aliphatic rings. The first kappa shape index (κ1) is 51.0. The van der Waals surface area contributed by atoms with E-state index in [9.17, 15) is 19.0 Å². The van der Waals surface area contributed by atoms with Gasteiger partial charge in [0.2, 0.25) is 0 Å². The lowest BCUT2D eigenvalue weighted by atomic mass is 10.1. The second kappa shape index (κ2) is 35.7. The lowest BCUT2D eigenvalue weighted by Crippen LogP contribution is -2.38. The van der Waals surface area contributed by atoms with Gasteiger partial charge in [0.15, 0.2) is 6.10 Å². The van der Waals surface area contributed by atoms with Crippen molar-refractivity contribution < 1.29 is 37.5 Å². The van der Waals surface area contributed by atoms with Crippen LogP contribution in [0, 0.1) is 0 Å². The van der Waals surface area contributed by atoms with Gasteiger partial charge in [-0.25, -0.2) is 9.59 Å². The highest BCUT2D eigenvalue weighted by atomic mass is 31.2. The van der Waals surface area contributed by atoms with E-state index in [2.05, 4.69) is 13.8 Å². The minimum atomic E-state index is -4.18. The van der Waals surface area contributed by atoms with Gasteiger partial charge in [-0.05, 0) is 25.7 Å². The number of rotatable bonds is 37. The van der Waals surface area contributed by atoms with E-state index in [4.69, 9.17) is 14.0 Å². The van der Waals surface area contributed by atoms with Crippen molar-refractivity contribution in [3.8, 4) is 0 Å². The maximum Gasteiger partial charge on any atom is 0.331 e. The summed E-state index contributed by atoms with van der Waals surface area (Å²) in [4.78, 5) is 37.4. The van der Waals surface area contributed by atoms with Crippen LogP contribution in [-0.4, -0.2) is 69.6 Å². The molecule has 1 unspecified atom stereocenters. The van der Waals surface area contributed by atoms with Crippen molar-refractivity contribution in [2.75, 3.05) is 47.1 Å². The van der Waals surface area contributed by atoms with Crippen LogP contribution in [0.3, 0.4) is 0 Å². The quantitative estimate of drug-likeness (QED) is 0.0155. The van der Waals surface area contributed by atoms with E-state index in [0.717, 1.165) is 25.7 Å². The molecule has 0 amide bonds. The Kier molecular flexibility index (Phi) is 34.4. The molecular formula is C44H80NO7P. The first-order chi connectivity index (χ1) is 25.5. The zero-order chi connectivity index (χ0) is 39.3. The Morgan fingerprint density at radius 1 is 0.585 bits per heavy atom. The summed E-state index contributed by atoms with van der Waals surface area (Å²) in [5.41, 5.74) is 0. The second-order valence-corrected chi connectivity index (χ2v) is 17.5. The molecular weight excluding hydrogens is 685 g/mol. The fourth-order valence-electron chi connectivity index (χ4n) is 5.70. The molecule has 2 atom stereocenters. The molecule has 0 aromatic heterocycles. The third kappa shape index (κ3) is 39.5. The second-order valence-electron chi connectivity index (χ2n) is 15.6. The zero-order valence-corrected chi connectivity index (χ0v) is 35.6. The normalized spacial score (nSPS) is 14.2. The van der Waals surface area contributed by atoms with E-state index in [1.54, 1.807) is 12.2 Å². The van der Waals surface area contributed by atoms with Gasteiger partial charge in [0.25, 0.3) is 0 Å². The minimum absolute atomic E-state index is 0.158. The fourth-order valence-corrected chi connectivity index (χ4v) is 7.06. The Bertz CT molecular complexity index is 1050. The van der Waals surface area contributed by atoms with Crippen LogP contribution in [0.4, 0.5) is 0 Å². The molecule has 0 aliphatic heterocycles.